The molecule has 0 unspecified atom stereocenters. The monoisotopic (exact) mass is 364 g/mol. The average molecular weight is 364 g/mol. The van der Waals surface area contributed by atoms with Crippen LogP contribution in [0.15, 0.2) is 65.5 Å². The molecule has 0 saturated carbocycles. The zero-order valence-corrected chi connectivity index (χ0v) is 15.1. The van der Waals surface area contributed by atoms with Crippen LogP contribution in [-0.4, -0.2) is 17.5 Å². The van der Waals surface area contributed by atoms with Gasteiger partial charge in [-0.1, -0.05) is 12.1 Å². The third-order valence-corrected chi connectivity index (χ3v) is 3.80. The van der Waals surface area contributed by atoms with Crippen LogP contribution in [0.4, 0.5) is 5.69 Å². The van der Waals surface area contributed by atoms with Gasteiger partial charge in [-0.05, 0) is 62.4 Å². The van der Waals surface area contributed by atoms with Gasteiger partial charge in [0.1, 0.15) is 17.1 Å². The van der Waals surface area contributed by atoms with Crippen LogP contribution in [0.5, 0.6) is 17.2 Å². The summed E-state index contributed by atoms with van der Waals surface area (Å²) in [6.07, 6.45) is 0. The molecule has 0 radical (unpaired) electrons. The predicted octanol–water partition coefficient (Wildman–Crippen LogP) is 4.13. The maximum Gasteiger partial charge on any atom is 0.261 e. The van der Waals surface area contributed by atoms with Crippen molar-refractivity contribution in [2.75, 3.05) is 11.9 Å². The predicted molar refractivity (Wildman–Crippen MR) is 104 cm³/mol. The molecule has 138 valence electrons. The summed E-state index contributed by atoms with van der Waals surface area (Å²) in [4.78, 5) is 27.1. The molecule has 0 spiro atoms. The molecule has 1 aromatic heterocycles. The fourth-order valence-electron chi connectivity index (χ4n) is 2.50. The number of aromatic nitrogens is 1. The highest BCUT2D eigenvalue weighted by Gasteiger charge is 2.13. The van der Waals surface area contributed by atoms with Crippen LogP contribution in [0.2, 0.25) is 0 Å². The summed E-state index contributed by atoms with van der Waals surface area (Å²) >= 11 is 0. The normalized spacial score (nSPS) is 10.3. The Morgan fingerprint density at radius 1 is 1.00 bits per heavy atom. The Balaban J connectivity index is 1.79. The molecule has 0 aliphatic rings. The van der Waals surface area contributed by atoms with Gasteiger partial charge in [-0.25, -0.2) is 0 Å². The topological polar surface area (TPSA) is 80.4 Å². The summed E-state index contributed by atoms with van der Waals surface area (Å²) < 4.78 is 11.3. The molecule has 0 fully saturated rings. The van der Waals surface area contributed by atoms with Crippen molar-refractivity contribution in [3.63, 3.8) is 0 Å². The van der Waals surface area contributed by atoms with Crippen LogP contribution in [-0.2, 0) is 0 Å². The maximum absolute atomic E-state index is 12.5. The number of anilines is 1. The zero-order valence-electron chi connectivity index (χ0n) is 15.1. The van der Waals surface area contributed by atoms with E-state index >= 15 is 0 Å². The Morgan fingerprint density at radius 2 is 1.70 bits per heavy atom. The van der Waals surface area contributed by atoms with Crippen molar-refractivity contribution < 1.29 is 14.3 Å². The van der Waals surface area contributed by atoms with Gasteiger partial charge in [0, 0.05) is 5.69 Å². The van der Waals surface area contributed by atoms with E-state index in [1.807, 2.05) is 19.1 Å². The second-order valence-corrected chi connectivity index (χ2v) is 5.84. The Hall–Kier alpha value is -3.54. The van der Waals surface area contributed by atoms with Crippen LogP contribution in [0.1, 0.15) is 23.0 Å². The van der Waals surface area contributed by atoms with Crippen molar-refractivity contribution >= 4 is 11.6 Å². The number of hydrogen-bond donors (Lipinski definition) is 2. The molecular weight excluding hydrogens is 344 g/mol. The molecule has 27 heavy (non-hydrogen) atoms. The van der Waals surface area contributed by atoms with E-state index in [2.05, 4.69) is 10.3 Å². The Bertz CT molecular complexity index is 994. The minimum Gasteiger partial charge on any atom is -0.494 e. The van der Waals surface area contributed by atoms with Crippen molar-refractivity contribution in [2.24, 2.45) is 0 Å². The number of hydrogen-bond acceptors (Lipinski definition) is 4. The van der Waals surface area contributed by atoms with E-state index in [-0.39, 0.29) is 5.56 Å². The van der Waals surface area contributed by atoms with Gasteiger partial charge in [0.2, 0.25) is 0 Å². The first-order valence-electron chi connectivity index (χ1n) is 8.58. The molecule has 1 heterocycles. The number of rotatable bonds is 6. The molecule has 6 nitrogen and oxygen atoms in total. The summed E-state index contributed by atoms with van der Waals surface area (Å²) in [5.74, 6) is 1.33. The number of amides is 1. The maximum atomic E-state index is 12.5. The van der Waals surface area contributed by atoms with Gasteiger partial charge in [-0.2, -0.15) is 0 Å². The number of carbonyl (C=O) groups excluding carboxylic acids is 1. The molecule has 2 N–H and O–H groups in total. The molecular formula is C21H20N2O4. The van der Waals surface area contributed by atoms with Crippen LogP contribution in [0.25, 0.3) is 0 Å². The van der Waals surface area contributed by atoms with E-state index in [1.54, 1.807) is 49.4 Å². The van der Waals surface area contributed by atoms with Crippen molar-refractivity contribution in [1.29, 1.82) is 0 Å². The standard InChI is InChI=1S/C21H20N2O4/c1-3-26-15-9-11-16(12-10-15)27-19-7-5-4-6-18(19)23-21(25)17-13-8-14(2)22-20(17)24/h4-13H,3H2,1-2H3,(H,22,24)(H,23,25). The fraction of sp³-hybridized carbons (Fsp3) is 0.143. The molecule has 0 atom stereocenters. The van der Waals surface area contributed by atoms with E-state index in [0.29, 0.717) is 29.5 Å². The Labute approximate surface area is 156 Å². The lowest BCUT2D eigenvalue weighted by molar-refractivity contribution is 0.102. The van der Waals surface area contributed by atoms with E-state index < -0.39 is 11.5 Å². The van der Waals surface area contributed by atoms with Crippen molar-refractivity contribution in [3.05, 3.63) is 82.3 Å². The second-order valence-electron chi connectivity index (χ2n) is 5.84. The van der Waals surface area contributed by atoms with Gasteiger partial charge in [0.15, 0.2) is 5.75 Å². The van der Waals surface area contributed by atoms with Gasteiger partial charge in [-0.3, -0.25) is 9.59 Å². The highest BCUT2D eigenvalue weighted by Crippen LogP contribution is 2.30. The van der Waals surface area contributed by atoms with E-state index in [1.165, 1.54) is 6.07 Å². The molecule has 0 aliphatic heterocycles. The third-order valence-electron chi connectivity index (χ3n) is 3.80. The molecule has 1 amide bonds. The minimum absolute atomic E-state index is 0.0384. The second kappa shape index (κ2) is 8.23. The highest BCUT2D eigenvalue weighted by atomic mass is 16.5. The number of benzene rings is 2. The largest absolute Gasteiger partial charge is 0.494 e. The average Bonchev–Trinajstić information content (AvgIpc) is 2.65. The van der Waals surface area contributed by atoms with Crippen LogP contribution >= 0.6 is 0 Å². The number of nitrogens with one attached hydrogen (secondary N) is 2. The van der Waals surface area contributed by atoms with Gasteiger partial charge in [0.05, 0.1) is 12.3 Å². The van der Waals surface area contributed by atoms with Gasteiger partial charge < -0.3 is 19.8 Å². The Kier molecular flexibility index (Phi) is 5.56. The molecule has 3 rings (SSSR count). The van der Waals surface area contributed by atoms with Crippen LogP contribution in [0, 0.1) is 6.92 Å². The number of para-hydroxylation sites is 2. The quantitative estimate of drug-likeness (QED) is 0.689. The molecule has 6 heteroatoms. The summed E-state index contributed by atoms with van der Waals surface area (Å²) in [7, 11) is 0. The van der Waals surface area contributed by atoms with Gasteiger partial charge >= 0.3 is 0 Å². The first kappa shape index (κ1) is 18.3. The van der Waals surface area contributed by atoms with Crippen LogP contribution in [0.3, 0.4) is 0 Å². The minimum atomic E-state index is -0.501. The summed E-state index contributed by atoms with van der Waals surface area (Å²) in [5.41, 5.74) is 0.765. The molecule has 0 aliphatic carbocycles. The van der Waals surface area contributed by atoms with E-state index in [4.69, 9.17) is 9.47 Å². The lowest BCUT2D eigenvalue weighted by atomic mass is 10.2. The molecule has 0 bridgehead atoms. The van der Waals surface area contributed by atoms with Crippen molar-refractivity contribution in [2.45, 2.75) is 13.8 Å². The number of carbonyl (C=O) groups is 1. The third kappa shape index (κ3) is 4.55. The van der Waals surface area contributed by atoms with E-state index in [9.17, 15) is 9.59 Å². The first-order valence-corrected chi connectivity index (χ1v) is 8.58. The highest BCUT2D eigenvalue weighted by molar-refractivity contribution is 6.04. The zero-order chi connectivity index (χ0) is 19.2. The number of H-pyrrole nitrogens is 1. The fourth-order valence-corrected chi connectivity index (χ4v) is 2.50. The lowest BCUT2D eigenvalue weighted by Crippen LogP contribution is -2.23. The van der Waals surface area contributed by atoms with Crippen LogP contribution < -0.4 is 20.3 Å². The summed E-state index contributed by atoms with van der Waals surface area (Å²) in [6.45, 7) is 4.26. The molecule has 0 saturated heterocycles. The van der Waals surface area contributed by atoms with Gasteiger partial charge in [0.25, 0.3) is 11.5 Å². The van der Waals surface area contributed by atoms with E-state index in [0.717, 1.165) is 5.75 Å². The molecule has 3 aromatic rings. The molecule has 2 aromatic carbocycles. The summed E-state index contributed by atoms with van der Waals surface area (Å²) in [5, 5.41) is 2.73. The smallest absolute Gasteiger partial charge is 0.261 e. The number of pyridine rings is 1. The first-order chi connectivity index (χ1) is 13.1. The lowest BCUT2D eigenvalue weighted by Gasteiger charge is -2.12. The number of ether oxygens (including phenoxy) is 2. The number of aryl methyl sites for hydroxylation is 1. The van der Waals surface area contributed by atoms with Crippen molar-refractivity contribution in [3.8, 4) is 17.2 Å². The summed E-state index contributed by atoms with van der Waals surface area (Å²) in [6, 6.07) is 17.4. The number of aromatic amines is 1. The SMILES string of the molecule is CCOc1ccc(Oc2ccccc2NC(=O)c2ccc(C)[nH]c2=O)cc1. The van der Waals surface area contributed by atoms with Crippen molar-refractivity contribution in [1.82, 2.24) is 4.98 Å². The van der Waals surface area contributed by atoms with Gasteiger partial charge in [-0.15, -0.1) is 0 Å². The Morgan fingerprint density at radius 3 is 2.41 bits per heavy atom.